The Morgan fingerprint density at radius 2 is 0.215 bits per heavy atom. The monoisotopic (exact) mass is 1310 g/mol. The van der Waals surface area contributed by atoms with E-state index in [2.05, 4.69) is 19.2 Å². The third-order valence-corrected chi connectivity index (χ3v) is 21.6. The van der Waals surface area contributed by atoms with E-state index >= 15 is 0 Å². The second-order valence-electron chi connectivity index (χ2n) is 31.3. The zero-order valence-corrected chi connectivity index (χ0v) is 65.5. The number of nitrogens with one attached hydrogen (secondary N) is 1. The molecule has 0 aromatic heterocycles. The van der Waals surface area contributed by atoms with Crippen LogP contribution in [0, 0.1) is 0 Å². The van der Waals surface area contributed by atoms with Crippen LogP contribution in [-0.4, -0.2) is 39.5 Å². The van der Waals surface area contributed by atoms with Crippen molar-refractivity contribution in [2.45, 2.75) is 540 Å². The molecule has 0 amide bonds. The van der Waals surface area contributed by atoms with Crippen molar-refractivity contribution in [3.8, 4) is 0 Å². The molecule has 0 rings (SSSR count). The maximum Gasteiger partial charge on any atom is 0.0478 e. The number of hydrogen-bond acceptors (Lipinski definition) is 3. The molecule has 0 aromatic rings. The molecule has 560 valence electrons. The zero-order valence-electron chi connectivity index (χ0n) is 65.5. The van der Waals surface area contributed by atoms with Gasteiger partial charge in [0.25, 0.3) is 0 Å². The first-order valence-electron chi connectivity index (χ1n) is 45.3. The lowest BCUT2D eigenvalue weighted by Gasteiger charge is -2.07. The lowest BCUT2D eigenvalue weighted by Crippen LogP contribution is -2.19. The number of hydrogen-bond donors (Lipinski definition) is 1. The molecule has 0 atom stereocenters. The van der Waals surface area contributed by atoms with Crippen LogP contribution in [0.1, 0.15) is 540 Å². The first-order valence-corrected chi connectivity index (χ1v) is 45.3. The molecule has 0 fully saturated rings. The highest BCUT2D eigenvalue weighted by Crippen LogP contribution is 2.22. The highest BCUT2D eigenvalue weighted by Gasteiger charge is 2.03. The molecule has 1 N–H and O–H groups in total. The van der Waals surface area contributed by atoms with Gasteiger partial charge in [-0.3, -0.25) is 0 Å². The Kier molecular flexibility index (Phi) is 91.8. The van der Waals surface area contributed by atoms with Crippen molar-refractivity contribution in [1.82, 2.24) is 5.32 Å². The molecule has 0 aliphatic rings. The summed E-state index contributed by atoms with van der Waals surface area (Å²) < 4.78 is 11.9. The summed E-state index contributed by atoms with van der Waals surface area (Å²) in [6, 6.07) is 0. The van der Waals surface area contributed by atoms with Crippen LogP contribution in [0.15, 0.2) is 0 Å². The summed E-state index contributed by atoms with van der Waals surface area (Å²) in [6.07, 6.45) is 120. The Balaban J connectivity index is 3.09. The van der Waals surface area contributed by atoms with Gasteiger partial charge in [0.05, 0.1) is 0 Å². The molecule has 0 radical (unpaired) electrons. The van der Waals surface area contributed by atoms with Gasteiger partial charge in [0, 0.05) is 26.4 Å². The predicted molar refractivity (Wildman–Crippen MR) is 424 cm³/mol. The quantitative estimate of drug-likeness (QED) is 0.0616. The second kappa shape index (κ2) is 91.9. The Hall–Kier alpha value is -0.120. The Bertz CT molecular complexity index is 1120. The van der Waals surface area contributed by atoms with Gasteiger partial charge in [-0.25, -0.2) is 0 Å². The lowest BCUT2D eigenvalue weighted by atomic mass is 10.0. The van der Waals surface area contributed by atoms with Crippen LogP contribution in [-0.2, 0) is 9.47 Å². The van der Waals surface area contributed by atoms with Gasteiger partial charge in [-0.15, -0.1) is 0 Å². The Morgan fingerprint density at radius 3 is 0.333 bits per heavy atom. The van der Waals surface area contributed by atoms with E-state index in [1.54, 1.807) is 0 Å². The fourth-order valence-electron chi connectivity index (χ4n) is 14.9. The fourth-order valence-corrected chi connectivity index (χ4v) is 14.9. The van der Waals surface area contributed by atoms with Gasteiger partial charge in [0.15, 0.2) is 0 Å². The van der Waals surface area contributed by atoms with Crippen LogP contribution in [0.4, 0.5) is 0 Å². The summed E-state index contributed by atoms with van der Waals surface area (Å²) in [5, 5.41) is 3.59. The van der Waals surface area contributed by atoms with Crippen LogP contribution >= 0.6 is 0 Å². The highest BCUT2D eigenvalue weighted by atomic mass is 16.5. The molecule has 0 aliphatic heterocycles. The van der Waals surface area contributed by atoms with Gasteiger partial charge in [-0.2, -0.15) is 0 Å². The smallest absolute Gasteiger partial charge is 0.0478 e. The van der Waals surface area contributed by atoms with Crippen molar-refractivity contribution < 1.29 is 9.47 Å². The summed E-state index contributed by atoms with van der Waals surface area (Å²) in [6.45, 7) is 10.5. The third-order valence-electron chi connectivity index (χ3n) is 21.6. The maximum atomic E-state index is 5.93. The van der Waals surface area contributed by atoms with Crippen molar-refractivity contribution in [2.24, 2.45) is 0 Å². The van der Waals surface area contributed by atoms with E-state index in [1.807, 2.05) is 0 Å². The van der Waals surface area contributed by atoms with Crippen molar-refractivity contribution in [3.63, 3.8) is 0 Å². The Labute approximate surface area is 591 Å². The van der Waals surface area contributed by atoms with Gasteiger partial charge < -0.3 is 14.8 Å². The summed E-state index contributed by atoms with van der Waals surface area (Å²) >= 11 is 0. The van der Waals surface area contributed by atoms with E-state index in [0.29, 0.717) is 0 Å². The van der Waals surface area contributed by atoms with Crippen molar-refractivity contribution in [2.75, 3.05) is 39.5 Å². The van der Waals surface area contributed by atoms with E-state index in [1.165, 1.54) is 514 Å². The Morgan fingerprint density at radius 1 is 0.118 bits per heavy atom. The van der Waals surface area contributed by atoms with Crippen molar-refractivity contribution in [1.29, 1.82) is 0 Å². The summed E-state index contributed by atoms with van der Waals surface area (Å²) in [5.74, 6) is 0. The average Bonchev–Trinajstić information content (AvgIpc) is 3.58. The number of unbranched alkanes of at least 4 members (excludes halogenated alkanes) is 78. The standard InChI is InChI=1S/C90H183NO2/c1-3-5-7-9-11-13-15-17-19-21-23-25-27-29-31-33-35-37-39-41-43-45-47-49-51-53-55-57-59-61-63-65-67-69-71-73-75-77-79-81-87-92-89-83-85-91-86-84-90-93-88-82-80-78-76-74-72-70-68-66-64-62-60-58-56-54-52-50-48-46-44-42-40-38-36-34-32-30-28-26-24-22-20-18-16-14-12-10-8-6-4-2/h91H,3-90H2,1-2H3. The van der Waals surface area contributed by atoms with Crippen LogP contribution in [0.3, 0.4) is 0 Å². The maximum absolute atomic E-state index is 5.93. The molecule has 0 aliphatic carbocycles. The molecule has 93 heavy (non-hydrogen) atoms. The van der Waals surface area contributed by atoms with Gasteiger partial charge >= 0.3 is 0 Å². The van der Waals surface area contributed by atoms with Crippen LogP contribution in [0.5, 0.6) is 0 Å². The topological polar surface area (TPSA) is 30.5 Å². The van der Waals surface area contributed by atoms with Gasteiger partial charge in [0.2, 0.25) is 0 Å². The van der Waals surface area contributed by atoms with Crippen LogP contribution in [0.25, 0.3) is 0 Å². The molecule has 0 unspecified atom stereocenters. The fraction of sp³-hybridized carbons (Fsp3) is 1.00. The first-order chi connectivity index (χ1) is 46.4. The highest BCUT2D eigenvalue weighted by molar-refractivity contribution is 4.58. The average molecular weight is 1310 g/mol. The van der Waals surface area contributed by atoms with Crippen molar-refractivity contribution in [3.05, 3.63) is 0 Å². The van der Waals surface area contributed by atoms with E-state index in [4.69, 9.17) is 9.47 Å². The number of ether oxygens (including phenoxy) is 2. The summed E-state index contributed by atoms with van der Waals surface area (Å²) in [5.41, 5.74) is 0. The third kappa shape index (κ3) is 91.9. The molecular formula is C90H183NO2. The molecular weight excluding hydrogens is 1130 g/mol. The number of rotatable bonds is 90. The van der Waals surface area contributed by atoms with Gasteiger partial charge in [-0.1, -0.05) is 515 Å². The molecule has 0 spiro atoms. The van der Waals surface area contributed by atoms with Crippen LogP contribution < -0.4 is 5.32 Å². The molecule has 0 heterocycles. The predicted octanol–water partition coefficient (Wildman–Crippen LogP) is 32.6. The zero-order chi connectivity index (χ0) is 66.3. The van der Waals surface area contributed by atoms with Gasteiger partial charge in [-0.05, 0) is 38.8 Å². The molecule has 3 nitrogen and oxygen atoms in total. The molecule has 0 aromatic carbocycles. The van der Waals surface area contributed by atoms with E-state index in [-0.39, 0.29) is 0 Å². The SMILES string of the molecule is CCCCCCCCCCCCCCCCCCCCCCCCCCCCCCCCCCCCCCCCCCOCCCNCCCOCCCCCCCCCCCCCCCCCCCCCCCCCCCCCCCCCCCCCCCCCC. The minimum atomic E-state index is 0.906. The molecule has 3 heteroatoms. The minimum Gasteiger partial charge on any atom is -0.381 e. The van der Waals surface area contributed by atoms with Crippen molar-refractivity contribution >= 4 is 0 Å². The molecule has 0 bridgehead atoms. The normalized spacial score (nSPS) is 11.8. The molecule has 0 saturated carbocycles. The molecule has 0 saturated heterocycles. The van der Waals surface area contributed by atoms with E-state index < -0.39 is 0 Å². The van der Waals surface area contributed by atoms with E-state index in [9.17, 15) is 0 Å². The lowest BCUT2D eigenvalue weighted by molar-refractivity contribution is 0.123. The summed E-state index contributed by atoms with van der Waals surface area (Å²) in [7, 11) is 0. The second-order valence-corrected chi connectivity index (χ2v) is 31.3. The summed E-state index contributed by atoms with van der Waals surface area (Å²) in [4.78, 5) is 0. The first kappa shape index (κ1) is 92.9. The van der Waals surface area contributed by atoms with Gasteiger partial charge in [0.1, 0.15) is 0 Å². The van der Waals surface area contributed by atoms with Crippen LogP contribution in [0.2, 0.25) is 0 Å². The minimum absolute atomic E-state index is 0.906. The largest absolute Gasteiger partial charge is 0.381 e. The van der Waals surface area contributed by atoms with E-state index in [0.717, 1.165) is 52.4 Å².